The fraction of sp³-hybridized carbons (Fsp3) is 0. The van der Waals surface area contributed by atoms with Gasteiger partial charge in [0.2, 0.25) is 0 Å². The Morgan fingerprint density at radius 1 is 0.625 bits per heavy atom. The molecule has 0 bridgehead atoms. The van der Waals surface area contributed by atoms with Gasteiger partial charge in [-0.05, 0) is 51.0 Å². The van der Waals surface area contributed by atoms with E-state index in [2.05, 4.69) is 105 Å². The maximum Gasteiger partial charge on any atom is 0.0683 e. The van der Waals surface area contributed by atoms with Gasteiger partial charge in [0, 0.05) is 20.9 Å². The third-order valence-electron chi connectivity index (χ3n) is 4.64. The predicted molar refractivity (Wildman–Crippen MR) is 106 cm³/mol. The summed E-state index contributed by atoms with van der Waals surface area (Å²) in [4.78, 5) is 0. The van der Waals surface area contributed by atoms with Crippen LogP contribution in [0.4, 0.5) is 0 Å². The molecule has 0 amide bonds. The van der Waals surface area contributed by atoms with Gasteiger partial charge in [0.15, 0.2) is 0 Å². The Labute approximate surface area is 148 Å². The van der Waals surface area contributed by atoms with Gasteiger partial charge >= 0.3 is 0 Å². The van der Waals surface area contributed by atoms with Crippen LogP contribution in [-0.2, 0) is 0 Å². The topological polar surface area (TPSA) is 4.93 Å². The first-order chi connectivity index (χ1) is 11.8. The van der Waals surface area contributed by atoms with Crippen LogP contribution in [0.25, 0.3) is 38.3 Å². The van der Waals surface area contributed by atoms with E-state index in [1.165, 1.54) is 38.3 Å². The van der Waals surface area contributed by atoms with Crippen LogP contribution in [0.5, 0.6) is 0 Å². The van der Waals surface area contributed by atoms with E-state index >= 15 is 0 Å². The third-order valence-corrected chi connectivity index (χ3v) is 5.28. The first-order valence-corrected chi connectivity index (χ1v) is 8.79. The number of hydrogen-bond acceptors (Lipinski definition) is 0. The van der Waals surface area contributed by atoms with Gasteiger partial charge in [-0.3, -0.25) is 0 Å². The van der Waals surface area contributed by atoms with E-state index in [1.807, 2.05) is 0 Å². The molecular weight excluding hydrogens is 358 g/mol. The molecule has 0 unspecified atom stereocenters. The molecule has 0 aliphatic rings. The van der Waals surface area contributed by atoms with Crippen molar-refractivity contribution in [2.24, 2.45) is 0 Å². The predicted octanol–water partition coefficient (Wildman–Crippen LogP) is 6.70. The van der Waals surface area contributed by atoms with Gasteiger partial charge in [-0.2, -0.15) is 0 Å². The second-order valence-electron chi connectivity index (χ2n) is 6.02. The molecular formula is C22H14BrN. The van der Waals surface area contributed by atoms with Crippen molar-refractivity contribution >= 4 is 48.5 Å². The Morgan fingerprint density at radius 2 is 1.38 bits per heavy atom. The van der Waals surface area contributed by atoms with Gasteiger partial charge in [-0.25, -0.2) is 0 Å². The first-order valence-electron chi connectivity index (χ1n) is 8.00. The molecule has 0 N–H and O–H groups in total. The molecule has 0 atom stereocenters. The van der Waals surface area contributed by atoms with Crippen LogP contribution in [0, 0.1) is 0 Å². The highest BCUT2D eigenvalue weighted by Crippen LogP contribution is 2.36. The largest absolute Gasteiger partial charge is 0.308 e. The highest BCUT2D eigenvalue weighted by molar-refractivity contribution is 9.10. The summed E-state index contributed by atoms with van der Waals surface area (Å²) in [5, 5.41) is 5.07. The van der Waals surface area contributed by atoms with E-state index in [9.17, 15) is 0 Å². The number of halogens is 1. The summed E-state index contributed by atoms with van der Waals surface area (Å²) < 4.78 is 3.46. The average molecular weight is 372 g/mol. The quantitative estimate of drug-likeness (QED) is 0.309. The second-order valence-corrected chi connectivity index (χ2v) is 6.87. The molecule has 5 aromatic rings. The van der Waals surface area contributed by atoms with Crippen molar-refractivity contribution in [3.63, 3.8) is 0 Å². The maximum absolute atomic E-state index is 3.75. The van der Waals surface area contributed by atoms with Gasteiger partial charge in [0.25, 0.3) is 0 Å². The number of rotatable bonds is 1. The van der Waals surface area contributed by atoms with Gasteiger partial charge < -0.3 is 4.57 Å². The molecule has 24 heavy (non-hydrogen) atoms. The van der Waals surface area contributed by atoms with Crippen LogP contribution in [0.3, 0.4) is 0 Å². The van der Waals surface area contributed by atoms with E-state index in [4.69, 9.17) is 0 Å². The summed E-state index contributed by atoms with van der Waals surface area (Å²) in [6.07, 6.45) is 0. The third kappa shape index (κ3) is 1.93. The number of aromatic nitrogens is 1. The van der Waals surface area contributed by atoms with Crippen LogP contribution < -0.4 is 0 Å². The number of para-hydroxylation sites is 2. The maximum atomic E-state index is 3.75. The lowest BCUT2D eigenvalue weighted by atomic mass is 10.1. The standard InChI is InChI=1S/C22H14BrN/c23-20-10-5-9-19-18-8-3-4-11-21(18)24(22(19)20)17-13-12-15-6-1-2-7-16(15)14-17/h1-14H. The van der Waals surface area contributed by atoms with Crippen molar-refractivity contribution in [1.29, 1.82) is 0 Å². The minimum atomic E-state index is 1.12. The summed E-state index contributed by atoms with van der Waals surface area (Å²) in [7, 11) is 0. The van der Waals surface area contributed by atoms with Crippen molar-refractivity contribution in [2.75, 3.05) is 0 Å². The van der Waals surface area contributed by atoms with Crippen molar-refractivity contribution in [3.05, 3.63) is 89.4 Å². The van der Waals surface area contributed by atoms with Crippen LogP contribution in [-0.4, -0.2) is 4.57 Å². The van der Waals surface area contributed by atoms with Gasteiger partial charge in [0.1, 0.15) is 0 Å². The molecule has 0 saturated carbocycles. The number of fused-ring (bicyclic) bond motifs is 4. The Bertz CT molecular complexity index is 1220. The fourth-order valence-electron chi connectivity index (χ4n) is 3.56. The zero-order valence-corrected chi connectivity index (χ0v) is 14.5. The molecule has 5 rings (SSSR count). The van der Waals surface area contributed by atoms with Crippen LogP contribution in [0.15, 0.2) is 89.4 Å². The van der Waals surface area contributed by atoms with E-state index in [0.29, 0.717) is 0 Å². The number of hydrogen-bond donors (Lipinski definition) is 0. The minimum absolute atomic E-state index is 1.12. The van der Waals surface area contributed by atoms with Crippen molar-refractivity contribution in [2.45, 2.75) is 0 Å². The molecule has 1 nitrogen and oxygen atoms in total. The van der Waals surface area contributed by atoms with Crippen LogP contribution in [0.2, 0.25) is 0 Å². The van der Waals surface area contributed by atoms with E-state index in [0.717, 1.165) is 4.47 Å². The van der Waals surface area contributed by atoms with E-state index in [1.54, 1.807) is 0 Å². The van der Waals surface area contributed by atoms with Crippen molar-refractivity contribution in [1.82, 2.24) is 4.57 Å². The zero-order valence-electron chi connectivity index (χ0n) is 12.9. The molecule has 0 aliphatic carbocycles. The lowest BCUT2D eigenvalue weighted by Gasteiger charge is -2.10. The summed E-state index contributed by atoms with van der Waals surface area (Å²) in [5.74, 6) is 0. The minimum Gasteiger partial charge on any atom is -0.308 e. The highest BCUT2D eigenvalue weighted by Gasteiger charge is 2.14. The van der Waals surface area contributed by atoms with Gasteiger partial charge in [0.05, 0.1) is 11.0 Å². The first kappa shape index (κ1) is 13.8. The molecule has 0 aliphatic heterocycles. The summed E-state index contributed by atoms with van der Waals surface area (Å²) in [5.41, 5.74) is 3.63. The molecule has 0 fully saturated rings. The SMILES string of the molecule is Brc1cccc2c3ccccc3n(-c3ccc4ccccc4c3)c12. The summed E-state index contributed by atoms with van der Waals surface area (Å²) in [6.45, 7) is 0. The summed E-state index contributed by atoms with van der Waals surface area (Å²) >= 11 is 3.75. The molecule has 1 heterocycles. The molecule has 0 saturated heterocycles. The molecule has 114 valence electrons. The zero-order chi connectivity index (χ0) is 16.1. The van der Waals surface area contributed by atoms with Crippen LogP contribution >= 0.6 is 15.9 Å². The lowest BCUT2D eigenvalue weighted by molar-refractivity contribution is 1.18. The Kier molecular flexibility index (Phi) is 3.00. The number of nitrogens with zero attached hydrogens (tertiary/aromatic N) is 1. The molecule has 0 radical (unpaired) electrons. The monoisotopic (exact) mass is 371 g/mol. The average Bonchev–Trinajstić information content (AvgIpc) is 2.97. The Hall–Kier alpha value is -2.58. The molecule has 1 aromatic heterocycles. The molecule has 2 heteroatoms. The van der Waals surface area contributed by atoms with Crippen molar-refractivity contribution in [3.8, 4) is 5.69 Å². The van der Waals surface area contributed by atoms with Gasteiger partial charge in [-0.15, -0.1) is 0 Å². The molecule has 4 aromatic carbocycles. The van der Waals surface area contributed by atoms with E-state index in [-0.39, 0.29) is 0 Å². The van der Waals surface area contributed by atoms with Crippen LogP contribution in [0.1, 0.15) is 0 Å². The summed E-state index contributed by atoms with van der Waals surface area (Å²) in [6, 6.07) is 30.2. The Balaban J connectivity index is 1.96. The number of benzene rings is 4. The molecule has 0 spiro atoms. The van der Waals surface area contributed by atoms with Gasteiger partial charge in [-0.1, -0.05) is 60.7 Å². The highest BCUT2D eigenvalue weighted by atomic mass is 79.9. The Morgan fingerprint density at radius 3 is 2.29 bits per heavy atom. The normalized spacial score (nSPS) is 11.5. The van der Waals surface area contributed by atoms with Crippen molar-refractivity contribution < 1.29 is 0 Å². The second kappa shape index (κ2) is 5.22. The fourth-order valence-corrected chi connectivity index (χ4v) is 4.10. The van der Waals surface area contributed by atoms with E-state index < -0.39 is 0 Å². The smallest absolute Gasteiger partial charge is 0.0683 e. The lowest BCUT2D eigenvalue weighted by Crippen LogP contribution is -1.94.